The zero-order valence-electron chi connectivity index (χ0n) is 16.7. The summed E-state index contributed by atoms with van der Waals surface area (Å²) < 4.78 is 33.4. The smallest absolute Gasteiger partial charge is 0.282 e. The van der Waals surface area contributed by atoms with Gasteiger partial charge < -0.3 is 9.42 Å². The number of benzene rings is 2. The summed E-state index contributed by atoms with van der Waals surface area (Å²) in [5, 5.41) is 4.18. The molecule has 0 bridgehead atoms. The van der Waals surface area contributed by atoms with Crippen LogP contribution in [-0.2, 0) is 0 Å². The minimum absolute atomic E-state index is 0. The summed E-state index contributed by atoms with van der Waals surface area (Å²) in [6.07, 6.45) is 0. The van der Waals surface area contributed by atoms with Crippen molar-refractivity contribution in [3.63, 3.8) is 0 Å². The lowest BCUT2D eigenvalue weighted by atomic mass is 10.1. The van der Waals surface area contributed by atoms with Crippen LogP contribution in [0.25, 0.3) is 21.5 Å². The first-order valence-corrected chi connectivity index (χ1v) is 9.98. The highest BCUT2D eigenvalue weighted by atomic mass is 35.5. The molecule has 0 unspecified atom stereocenters. The molecule has 2 aromatic carbocycles. The molecule has 10 heteroatoms. The summed E-state index contributed by atoms with van der Waals surface area (Å²) in [4.78, 5) is 20.8. The first-order chi connectivity index (χ1) is 14.4. The van der Waals surface area contributed by atoms with Crippen LogP contribution in [0.4, 0.5) is 13.9 Å². The number of hydrogen-bond acceptors (Lipinski definition) is 6. The van der Waals surface area contributed by atoms with Crippen molar-refractivity contribution in [3.05, 3.63) is 65.9 Å². The molecule has 31 heavy (non-hydrogen) atoms. The van der Waals surface area contributed by atoms with Gasteiger partial charge in [-0.2, -0.15) is 0 Å². The minimum atomic E-state index is -0.764. The van der Waals surface area contributed by atoms with E-state index >= 15 is 0 Å². The molecule has 6 nitrogen and oxygen atoms in total. The number of nitrogens with zero attached hydrogens (tertiary/aromatic N) is 4. The Kier molecular flexibility index (Phi) is 6.99. The van der Waals surface area contributed by atoms with Crippen molar-refractivity contribution in [1.82, 2.24) is 15.0 Å². The normalized spacial score (nSPS) is 11.0. The van der Waals surface area contributed by atoms with Crippen LogP contribution in [0.2, 0.25) is 0 Å². The summed E-state index contributed by atoms with van der Waals surface area (Å²) in [6.45, 7) is 0.838. The summed E-state index contributed by atoms with van der Waals surface area (Å²) in [7, 11) is 3.75. The third kappa shape index (κ3) is 4.90. The number of anilines is 1. The van der Waals surface area contributed by atoms with E-state index in [0.29, 0.717) is 23.5 Å². The van der Waals surface area contributed by atoms with E-state index in [-0.39, 0.29) is 28.7 Å². The molecule has 4 rings (SSSR count). The van der Waals surface area contributed by atoms with Gasteiger partial charge in [0.05, 0.1) is 4.70 Å². The predicted octanol–water partition coefficient (Wildman–Crippen LogP) is 4.86. The molecule has 2 aromatic heterocycles. The quantitative estimate of drug-likeness (QED) is 0.408. The van der Waals surface area contributed by atoms with Gasteiger partial charge in [-0.3, -0.25) is 9.69 Å². The minimum Gasteiger partial charge on any atom is -0.355 e. The van der Waals surface area contributed by atoms with Crippen LogP contribution in [0.1, 0.15) is 10.5 Å². The fourth-order valence-electron chi connectivity index (χ4n) is 2.90. The van der Waals surface area contributed by atoms with Crippen LogP contribution < -0.4 is 4.90 Å². The van der Waals surface area contributed by atoms with Crippen LogP contribution in [0.3, 0.4) is 0 Å². The fraction of sp³-hybridized carbons (Fsp3) is 0.190. The Morgan fingerprint density at radius 3 is 2.55 bits per heavy atom. The van der Waals surface area contributed by atoms with Crippen molar-refractivity contribution in [3.8, 4) is 11.3 Å². The first-order valence-electron chi connectivity index (χ1n) is 9.16. The number of likely N-dealkylation sites (N-methyl/N-ethyl adjacent to an activating group) is 1. The summed E-state index contributed by atoms with van der Waals surface area (Å²) in [5.41, 5.74) is 0.934. The van der Waals surface area contributed by atoms with E-state index in [1.807, 2.05) is 49.3 Å². The van der Waals surface area contributed by atoms with Gasteiger partial charge in [-0.05, 0) is 20.2 Å². The Bertz CT molecular complexity index is 1200. The Balaban J connectivity index is 0.00000272. The maximum absolute atomic E-state index is 14.1. The lowest BCUT2D eigenvalue weighted by molar-refractivity contribution is 0.0976. The van der Waals surface area contributed by atoms with E-state index in [9.17, 15) is 13.6 Å². The lowest BCUT2D eigenvalue weighted by Gasteiger charge is -2.20. The highest BCUT2D eigenvalue weighted by Gasteiger charge is 2.25. The molecule has 2 heterocycles. The first kappa shape index (κ1) is 22.8. The van der Waals surface area contributed by atoms with E-state index in [1.165, 1.54) is 11.0 Å². The molecule has 0 atom stereocenters. The number of halogens is 3. The number of thiazole rings is 1. The van der Waals surface area contributed by atoms with Crippen LogP contribution in [0.5, 0.6) is 0 Å². The molecule has 0 aliphatic carbocycles. The average Bonchev–Trinajstić information content (AvgIpc) is 3.36. The zero-order chi connectivity index (χ0) is 21.3. The predicted molar refractivity (Wildman–Crippen MR) is 119 cm³/mol. The van der Waals surface area contributed by atoms with Gasteiger partial charge in [0.15, 0.2) is 22.4 Å². The van der Waals surface area contributed by atoms with E-state index in [0.717, 1.165) is 23.0 Å². The van der Waals surface area contributed by atoms with Crippen LogP contribution in [0.15, 0.2) is 53.1 Å². The molecule has 0 aliphatic heterocycles. The molecule has 1 amide bonds. The molecule has 0 N–H and O–H groups in total. The average molecular weight is 465 g/mol. The zero-order valence-corrected chi connectivity index (χ0v) is 18.3. The summed E-state index contributed by atoms with van der Waals surface area (Å²) in [5.74, 6) is -1.42. The Labute approximate surface area is 187 Å². The number of fused-ring (bicyclic) bond motifs is 1. The topological polar surface area (TPSA) is 62.5 Å². The SMILES string of the molecule is CN(C)CCN(C(=O)c1cc(-c2ccccc2)on1)c1nc2c(F)cc(F)cc2s1.Cl. The number of aromatic nitrogens is 2. The fourth-order valence-corrected chi connectivity index (χ4v) is 3.93. The summed E-state index contributed by atoms with van der Waals surface area (Å²) >= 11 is 1.05. The third-order valence-corrected chi connectivity index (χ3v) is 5.46. The Morgan fingerprint density at radius 2 is 1.84 bits per heavy atom. The number of carbonyl (C=O) groups is 1. The van der Waals surface area contributed by atoms with Crippen LogP contribution in [-0.4, -0.2) is 48.1 Å². The van der Waals surface area contributed by atoms with Gasteiger partial charge >= 0.3 is 0 Å². The molecule has 0 radical (unpaired) electrons. The van der Waals surface area contributed by atoms with Gasteiger partial charge in [-0.25, -0.2) is 13.8 Å². The van der Waals surface area contributed by atoms with Gasteiger partial charge in [0.25, 0.3) is 5.91 Å². The van der Waals surface area contributed by atoms with Gasteiger partial charge in [0.2, 0.25) is 0 Å². The monoisotopic (exact) mass is 464 g/mol. The second-order valence-corrected chi connectivity index (χ2v) is 7.94. The van der Waals surface area contributed by atoms with E-state index < -0.39 is 17.5 Å². The second kappa shape index (κ2) is 9.51. The highest BCUT2D eigenvalue weighted by Crippen LogP contribution is 2.32. The van der Waals surface area contributed by atoms with Crippen molar-refractivity contribution < 1.29 is 18.1 Å². The number of carbonyl (C=O) groups excluding carboxylic acids is 1. The molecular formula is C21H19ClF2N4O2S. The summed E-state index contributed by atoms with van der Waals surface area (Å²) in [6, 6.07) is 12.8. The molecule has 0 aliphatic rings. The highest BCUT2D eigenvalue weighted by molar-refractivity contribution is 7.22. The van der Waals surface area contributed by atoms with Crippen molar-refractivity contribution in [2.45, 2.75) is 0 Å². The van der Waals surface area contributed by atoms with Gasteiger partial charge in [0, 0.05) is 30.8 Å². The molecule has 162 valence electrons. The maximum Gasteiger partial charge on any atom is 0.282 e. The molecular weight excluding hydrogens is 446 g/mol. The number of hydrogen-bond donors (Lipinski definition) is 0. The van der Waals surface area contributed by atoms with E-state index in [1.54, 1.807) is 6.07 Å². The molecule has 0 spiro atoms. The maximum atomic E-state index is 14.1. The van der Waals surface area contributed by atoms with Crippen molar-refractivity contribution in [2.75, 3.05) is 32.1 Å². The van der Waals surface area contributed by atoms with Crippen molar-refractivity contribution in [2.24, 2.45) is 0 Å². The van der Waals surface area contributed by atoms with Crippen molar-refractivity contribution in [1.29, 1.82) is 0 Å². The standard InChI is InChI=1S/C21H18F2N4O2S.ClH/c1-26(2)8-9-27(21-24-19-15(23)10-14(22)11-18(19)30-21)20(28)16-12-17(29-25-16)13-6-4-3-5-7-13;/h3-7,10-12H,8-9H2,1-2H3;1H. The lowest BCUT2D eigenvalue weighted by Crippen LogP contribution is -2.36. The van der Waals surface area contributed by atoms with E-state index in [2.05, 4.69) is 10.1 Å². The van der Waals surface area contributed by atoms with Gasteiger partial charge in [-0.1, -0.05) is 46.8 Å². The largest absolute Gasteiger partial charge is 0.355 e. The Hall–Kier alpha value is -2.88. The molecule has 0 saturated heterocycles. The van der Waals surface area contributed by atoms with Crippen LogP contribution in [0, 0.1) is 11.6 Å². The second-order valence-electron chi connectivity index (χ2n) is 6.93. The molecule has 4 aromatic rings. The van der Waals surface area contributed by atoms with Crippen LogP contribution >= 0.6 is 23.7 Å². The molecule has 0 fully saturated rings. The molecule has 0 saturated carbocycles. The Morgan fingerprint density at radius 1 is 1.10 bits per heavy atom. The third-order valence-electron chi connectivity index (χ3n) is 4.44. The van der Waals surface area contributed by atoms with E-state index in [4.69, 9.17) is 4.52 Å². The van der Waals surface area contributed by atoms with Gasteiger partial charge in [0.1, 0.15) is 11.3 Å². The van der Waals surface area contributed by atoms with Crippen molar-refractivity contribution >= 4 is 45.0 Å². The number of amides is 1. The van der Waals surface area contributed by atoms with Gasteiger partial charge in [-0.15, -0.1) is 12.4 Å². The number of rotatable bonds is 6.